The molecule has 1 aliphatic rings. The van der Waals surface area contributed by atoms with E-state index in [4.69, 9.17) is 9.84 Å². The van der Waals surface area contributed by atoms with E-state index in [1.807, 2.05) is 30.3 Å². The molecule has 0 spiro atoms. The van der Waals surface area contributed by atoms with Gasteiger partial charge < -0.3 is 20.1 Å². The van der Waals surface area contributed by atoms with Crippen molar-refractivity contribution in [2.45, 2.75) is 44.7 Å². The fraction of sp³-hybridized carbons (Fsp3) is 0.526. The molecule has 0 saturated carbocycles. The Morgan fingerprint density at radius 1 is 1.19 bits per heavy atom. The van der Waals surface area contributed by atoms with E-state index in [1.165, 1.54) is 6.92 Å². The van der Waals surface area contributed by atoms with Crippen molar-refractivity contribution < 1.29 is 24.2 Å². The van der Waals surface area contributed by atoms with Crippen LogP contribution in [0.4, 0.5) is 0 Å². The molecule has 0 aromatic heterocycles. The Balaban J connectivity index is 1.92. The first-order valence-electron chi connectivity index (χ1n) is 8.80. The number of amides is 2. The molecule has 1 aliphatic heterocycles. The first-order valence-corrected chi connectivity index (χ1v) is 8.80. The molecule has 1 aromatic carbocycles. The maximum absolute atomic E-state index is 12.4. The van der Waals surface area contributed by atoms with Gasteiger partial charge in [-0.1, -0.05) is 30.3 Å². The topological polar surface area (TPSA) is 95.9 Å². The lowest BCUT2D eigenvalue weighted by Gasteiger charge is -2.37. The lowest BCUT2D eigenvalue weighted by atomic mass is 9.86. The second-order valence-electron chi connectivity index (χ2n) is 6.69. The van der Waals surface area contributed by atoms with Crippen LogP contribution in [-0.4, -0.2) is 53.1 Å². The fourth-order valence-corrected chi connectivity index (χ4v) is 3.14. The summed E-state index contributed by atoms with van der Waals surface area (Å²) in [6.45, 7) is 3.07. The fourth-order valence-electron chi connectivity index (χ4n) is 3.14. The predicted octanol–water partition coefficient (Wildman–Crippen LogP) is 1.57. The molecule has 1 aromatic rings. The molecule has 1 heterocycles. The van der Waals surface area contributed by atoms with Gasteiger partial charge in [-0.2, -0.15) is 0 Å². The number of carbonyl (C=O) groups is 3. The SMILES string of the molecule is CC(=O)N(CCC(=O)NC1(CC(=O)O)CCOCC1)Cc1ccccc1. The zero-order valence-corrected chi connectivity index (χ0v) is 15.1. The number of rotatable bonds is 8. The molecule has 7 nitrogen and oxygen atoms in total. The minimum atomic E-state index is -0.943. The number of carbonyl (C=O) groups excluding carboxylic acids is 2. The summed E-state index contributed by atoms with van der Waals surface area (Å²) < 4.78 is 5.29. The van der Waals surface area contributed by atoms with Crippen molar-refractivity contribution in [3.8, 4) is 0 Å². The Hall–Kier alpha value is -2.41. The van der Waals surface area contributed by atoms with Crippen molar-refractivity contribution in [2.75, 3.05) is 19.8 Å². The summed E-state index contributed by atoms with van der Waals surface area (Å²) >= 11 is 0. The highest BCUT2D eigenvalue weighted by atomic mass is 16.5. The second kappa shape index (κ2) is 9.33. The van der Waals surface area contributed by atoms with Crippen LogP contribution in [0, 0.1) is 0 Å². The number of benzene rings is 1. The van der Waals surface area contributed by atoms with Gasteiger partial charge in [0.05, 0.1) is 12.0 Å². The molecule has 26 heavy (non-hydrogen) atoms. The molecule has 1 fully saturated rings. The van der Waals surface area contributed by atoms with Gasteiger partial charge in [0, 0.05) is 39.6 Å². The summed E-state index contributed by atoms with van der Waals surface area (Å²) in [7, 11) is 0. The van der Waals surface area contributed by atoms with Gasteiger partial charge in [0.2, 0.25) is 11.8 Å². The first kappa shape index (κ1) is 19.9. The van der Waals surface area contributed by atoms with Gasteiger partial charge >= 0.3 is 5.97 Å². The maximum atomic E-state index is 12.4. The highest BCUT2D eigenvalue weighted by molar-refractivity contribution is 5.79. The van der Waals surface area contributed by atoms with Crippen LogP contribution in [-0.2, 0) is 25.7 Å². The number of hydrogen-bond acceptors (Lipinski definition) is 4. The summed E-state index contributed by atoms with van der Waals surface area (Å²) in [6.07, 6.45) is 0.966. The molecule has 2 N–H and O–H groups in total. The molecule has 142 valence electrons. The third-order valence-electron chi connectivity index (χ3n) is 4.61. The number of hydrogen-bond donors (Lipinski definition) is 2. The van der Waals surface area contributed by atoms with Gasteiger partial charge in [-0.3, -0.25) is 14.4 Å². The zero-order valence-electron chi connectivity index (χ0n) is 15.1. The van der Waals surface area contributed by atoms with E-state index < -0.39 is 11.5 Å². The van der Waals surface area contributed by atoms with Crippen molar-refractivity contribution in [3.05, 3.63) is 35.9 Å². The molecule has 0 bridgehead atoms. The Labute approximate surface area is 153 Å². The third-order valence-corrected chi connectivity index (χ3v) is 4.61. The number of carboxylic acids is 1. The van der Waals surface area contributed by atoms with Crippen LogP contribution in [0.15, 0.2) is 30.3 Å². The number of nitrogens with one attached hydrogen (secondary N) is 1. The summed E-state index contributed by atoms with van der Waals surface area (Å²) in [5.41, 5.74) is 0.233. The molecule has 0 radical (unpaired) electrons. The molecule has 0 atom stereocenters. The van der Waals surface area contributed by atoms with Crippen LogP contribution in [0.2, 0.25) is 0 Å². The van der Waals surface area contributed by atoms with Crippen LogP contribution in [0.25, 0.3) is 0 Å². The molecule has 2 amide bonds. The van der Waals surface area contributed by atoms with Crippen molar-refractivity contribution in [3.63, 3.8) is 0 Å². The largest absolute Gasteiger partial charge is 0.481 e. The van der Waals surface area contributed by atoms with E-state index in [0.717, 1.165) is 5.56 Å². The molecule has 0 aliphatic carbocycles. The smallest absolute Gasteiger partial charge is 0.305 e. The minimum absolute atomic E-state index is 0.104. The number of ether oxygens (including phenoxy) is 1. The van der Waals surface area contributed by atoms with Gasteiger partial charge in [-0.25, -0.2) is 0 Å². The second-order valence-corrected chi connectivity index (χ2v) is 6.69. The van der Waals surface area contributed by atoms with Gasteiger partial charge in [0.1, 0.15) is 0 Å². The van der Waals surface area contributed by atoms with E-state index in [-0.39, 0.29) is 31.2 Å². The molecule has 0 unspecified atom stereocenters. The summed E-state index contributed by atoms with van der Waals surface area (Å²) in [6, 6.07) is 9.58. The highest BCUT2D eigenvalue weighted by Gasteiger charge is 2.36. The monoisotopic (exact) mass is 362 g/mol. The minimum Gasteiger partial charge on any atom is -0.481 e. The van der Waals surface area contributed by atoms with Crippen molar-refractivity contribution in [2.24, 2.45) is 0 Å². The van der Waals surface area contributed by atoms with Crippen molar-refractivity contribution in [1.82, 2.24) is 10.2 Å². The van der Waals surface area contributed by atoms with E-state index in [9.17, 15) is 14.4 Å². The first-order chi connectivity index (χ1) is 12.4. The summed E-state index contributed by atoms with van der Waals surface area (Å²) in [4.78, 5) is 37.0. The van der Waals surface area contributed by atoms with Crippen LogP contribution >= 0.6 is 0 Å². The maximum Gasteiger partial charge on any atom is 0.305 e. The van der Waals surface area contributed by atoms with Gasteiger partial charge in [0.25, 0.3) is 0 Å². The van der Waals surface area contributed by atoms with E-state index in [0.29, 0.717) is 32.6 Å². The standard InChI is InChI=1S/C19H26N2O5/c1-15(22)21(14-16-5-3-2-4-6-16)10-7-17(23)20-19(13-18(24)25)8-11-26-12-9-19/h2-6H,7-14H2,1H3,(H,20,23)(H,24,25). The summed E-state index contributed by atoms with van der Waals surface area (Å²) in [5, 5.41) is 12.0. The average Bonchev–Trinajstić information content (AvgIpc) is 2.59. The third kappa shape index (κ3) is 6.15. The van der Waals surface area contributed by atoms with Crippen LogP contribution in [0.5, 0.6) is 0 Å². The number of nitrogens with zero attached hydrogens (tertiary/aromatic N) is 1. The lowest BCUT2D eigenvalue weighted by molar-refractivity contribution is -0.140. The zero-order chi connectivity index (χ0) is 19.0. The van der Waals surface area contributed by atoms with E-state index >= 15 is 0 Å². The quantitative estimate of drug-likeness (QED) is 0.732. The van der Waals surface area contributed by atoms with E-state index in [1.54, 1.807) is 4.90 Å². The Morgan fingerprint density at radius 2 is 1.85 bits per heavy atom. The van der Waals surface area contributed by atoms with Crippen LogP contribution in [0.1, 0.15) is 38.2 Å². The molecule has 7 heteroatoms. The number of carboxylic acid groups (broad SMARTS) is 1. The predicted molar refractivity (Wildman–Crippen MR) is 95.3 cm³/mol. The van der Waals surface area contributed by atoms with Crippen molar-refractivity contribution in [1.29, 1.82) is 0 Å². The molecule has 2 rings (SSSR count). The molecular weight excluding hydrogens is 336 g/mol. The van der Waals surface area contributed by atoms with Gasteiger partial charge in [0.15, 0.2) is 0 Å². The Bertz CT molecular complexity index is 626. The normalized spacial score (nSPS) is 15.9. The molecular formula is C19H26N2O5. The van der Waals surface area contributed by atoms with Gasteiger partial charge in [-0.15, -0.1) is 0 Å². The Morgan fingerprint density at radius 3 is 2.42 bits per heavy atom. The number of aliphatic carboxylic acids is 1. The summed E-state index contributed by atoms with van der Waals surface area (Å²) in [5.74, 6) is -1.29. The highest BCUT2D eigenvalue weighted by Crippen LogP contribution is 2.24. The van der Waals surface area contributed by atoms with Crippen LogP contribution < -0.4 is 5.32 Å². The van der Waals surface area contributed by atoms with E-state index in [2.05, 4.69) is 5.32 Å². The van der Waals surface area contributed by atoms with Gasteiger partial charge in [-0.05, 0) is 18.4 Å². The Kier molecular flexibility index (Phi) is 7.15. The average molecular weight is 362 g/mol. The van der Waals surface area contributed by atoms with Crippen LogP contribution in [0.3, 0.4) is 0 Å². The lowest BCUT2D eigenvalue weighted by Crippen LogP contribution is -2.53. The molecule has 1 saturated heterocycles. The van der Waals surface area contributed by atoms with Crippen molar-refractivity contribution >= 4 is 17.8 Å².